The van der Waals surface area contributed by atoms with Crippen molar-refractivity contribution in [3.63, 3.8) is 0 Å². The third kappa shape index (κ3) is 58.2. The molecule has 6 heteroatoms. The van der Waals surface area contributed by atoms with Crippen LogP contribution in [0.15, 0.2) is 146 Å². The molecule has 0 radical (unpaired) electrons. The standard InChI is InChI=1S/C68H108O6/c1-4-7-10-13-16-19-22-24-26-27-28-29-30-31-32-33-34-35-36-37-38-39-40-41-43-44-46-49-52-55-58-61-67(70)73-64-65(63-72-66(69)60-57-54-51-48-21-18-15-12-9-6-3)74-68(71)62-59-56-53-50-47-45-42-25-23-20-17-14-11-8-5-2/h7-8,10-12,15-17,19-20,24-26,28-29,31-32,34-35,42,47,50,56,59,65H,4-6,9,13-14,18,21-23,27,30,33,36-41,43-46,48-49,51-55,57-58,60-64H2,1-3H3/b10-7-,11-8-,15-12-,19-16-,20-17-,26-24-,29-28-,32-31-,35-34-,42-25-,50-47-,59-56-. The van der Waals surface area contributed by atoms with Crippen LogP contribution in [0.25, 0.3) is 0 Å². The predicted molar refractivity (Wildman–Crippen MR) is 320 cm³/mol. The van der Waals surface area contributed by atoms with Gasteiger partial charge in [-0.1, -0.05) is 256 Å². The van der Waals surface area contributed by atoms with Crippen LogP contribution in [-0.2, 0) is 28.6 Å². The van der Waals surface area contributed by atoms with Crippen LogP contribution in [0.3, 0.4) is 0 Å². The highest BCUT2D eigenvalue weighted by Gasteiger charge is 2.19. The van der Waals surface area contributed by atoms with Crippen molar-refractivity contribution in [2.24, 2.45) is 0 Å². The molecule has 0 amide bonds. The molecule has 0 aliphatic heterocycles. The summed E-state index contributed by atoms with van der Waals surface area (Å²) in [6.07, 6.45) is 87.5. The Labute approximate surface area is 455 Å². The van der Waals surface area contributed by atoms with Gasteiger partial charge in [0.05, 0.1) is 6.42 Å². The van der Waals surface area contributed by atoms with Gasteiger partial charge in [0, 0.05) is 12.8 Å². The first-order valence-electron chi connectivity index (χ1n) is 29.8. The number of carbonyl (C=O) groups is 3. The molecule has 0 aliphatic rings. The van der Waals surface area contributed by atoms with E-state index in [1.807, 2.05) is 6.08 Å². The summed E-state index contributed by atoms with van der Waals surface area (Å²) in [5, 5.41) is 0. The Bertz CT molecular complexity index is 1640. The third-order valence-corrected chi connectivity index (χ3v) is 12.1. The van der Waals surface area contributed by atoms with E-state index in [0.717, 1.165) is 122 Å². The average Bonchev–Trinajstić information content (AvgIpc) is 3.40. The van der Waals surface area contributed by atoms with Crippen LogP contribution in [0, 0.1) is 0 Å². The Hall–Kier alpha value is -4.71. The molecule has 0 fully saturated rings. The van der Waals surface area contributed by atoms with Crippen molar-refractivity contribution in [2.75, 3.05) is 13.2 Å². The first-order chi connectivity index (χ1) is 36.5. The second-order valence-electron chi connectivity index (χ2n) is 19.2. The fraction of sp³-hybridized carbons (Fsp3) is 0.603. The summed E-state index contributed by atoms with van der Waals surface area (Å²) < 4.78 is 16.7. The van der Waals surface area contributed by atoms with Crippen molar-refractivity contribution in [2.45, 2.75) is 252 Å². The maximum Gasteiger partial charge on any atom is 0.310 e. The molecule has 74 heavy (non-hydrogen) atoms. The summed E-state index contributed by atoms with van der Waals surface area (Å²) >= 11 is 0. The fourth-order valence-corrected chi connectivity index (χ4v) is 7.70. The molecule has 1 unspecified atom stereocenters. The van der Waals surface area contributed by atoms with E-state index in [2.05, 4.69) is 154 Å². The molecule has 0 aromatic carbocycles. The second-order valence-corrected chi connectivity index (χ2v) is 19.2. The molecule has 0 N–H and O–H groups in total. The van der Waals surface area contributed by atoms with Crippen molar-refractivity contribution in [3.8, 4) is 0 Å². The van der Waals surface area contributed by atoms with Crippen molar-refractivity contribution >= 4 is 17.9 Å². The summed E-state index contributed by atoms with van der Waals surface area (Å²) in [5.41, 5.74) is 0. The van der Waals surface area contributed by atoms with E-state index in [0.29, 0.717) is 19.3 Å². The summed E-state index contributed by atoms with van der Waals surface area (Å²) in [7, 11) is 0. The first-order valence-corrected chi connectivity index (χ1v) is 29.8. The van der Waals surface area contributed by atoms with Gasteiger partial charge in [-0.3, -0.25) is 14.4 Å². The summed E-state index contributed by atoms with van der Waals surface area (Å²) in [6, 6.07) is 0. The van der Waals surface area contributed by atoms with Crippen LogP contribution < -0.4 is 0 Å². The van der Waals surface area contributed by atoms with Crippen LogP contribution in [0.1, 0.15) is 245 Å². The average molecular weight is 1020 g/mol. The van der Waals surface area contributed by atoms with E-state index >= 15 is 0 Å². The minimum Gasteiger partial charge on any atom is -0.462 e. The summed E-state index contributed by atoms with van der Waals surface area (Å²) in [4.78, 5) is 38.0. The normalized spacial score (nSPS) is 13.2. The topological polar surface area (TPSA) is 78.9 Å². The van der Waals surface area contributed by atoms with Gasteiger partial charge in [0.25, 0.3) is 0 Å². The number of unbranched alkanes of at least 4 members (excludes halogenated alkanes) is 18. The molecule has 6 nitrogen and oxygen atoms in total. The third-order valence-electron chi connectivity index (χ3n) is 12.1. The van der Waals surface area contributed by atoms with Gasteiger partial charge in [0.2, 0.25) is 0 Å². The Kier molecular flexibility index (Phi) is 57.0. The largest absolute Gasteiger partial charge is 0.462 e. The lowest BCUT2D eigenvalue weighted by Crippen LogP contribution is -2.30. The van der Waals surface area contributed by atoms with Gasteiger partial charge < -0.3 is 14.2 Å². The molecule has 0 spiro atoms. The van der Waals surface area contributed by atoms with Crippen molar-refractivity contribution in [1.82, 2.24) is 0 Å². The molecule has 0 heterocycles. The number of ether oxygens (including phenoxy) is 3. The van der Waals surface area contributed by atoms with E-state index in [1.165, 1.54) is 77.0 Å². The first kappa shape index (κ1) is 69.3. The molecule has 0 aromatic heterocycles. The van der Waals surface area contributed by atoms with E-state index in [-0.39, 0.29) is 31.6 Å². The molecule has 0 saturated heterocycles. The zero-order valence-electron chi connectivity index (χ0n) is 47.5. The predicted octanol–water partition coefficient (Wildman–Crippen LogP) is 20.4. The Morgan fingerprint density at radius 1 is 0.297 bits per heavy atom. The van der Waals surface area contributed by atoms with Gasteiger partial charge in [0.15, 0.2) is 6.10 Å². The van der Waals surface area contributed by atoms with Gasteiger partial charge in [-0.2, -0.15) is 0 Å². The number of esters is 3. The Balaban J connectivity index is 4.27. The molecule has 0 aromatic rings. The number of rotatable bonds is 52. The van der Waals surface area contributed by atoms with Gasteiger partial charge in [-0.05, 0) is 116 Å². The molecule has 0 saturated carbocycles. The van der Waals surface area contributed by atoms with Gasteiger partial charge >= 0.3 is 17.9 Å². The summed E-state index contributed by atoms with van der Waals surface area (Å²) in [5.74, 6) is -1.07. The number of hydrogen-bond donors (Lipinski definition) is 0. The van der Waals surface area contributed by atoms with E-state index < -0.39 is 12.1 Å². The van der Waals surface area contributed by atoms with E-state index in [1.54, 1.807) is 6.08 Å². The van der Waals surface area contributed by atoms with Gasteiger partial charge in [0.1, 0.15) is 13.2 Å². The zero-order chi connectivity index (χ0) is 53.6. The minimum atomic E-state index is -0.841. The van der Waals surface area contributed by atoms with E-state index in [4.69, 9.17) is 14.2 Å². The lowest BCUT2D eigenvalue weighted by molar-refractivity contribution is -0.166. The van der Waals surface area contributed by atoms with Crippen LogP contribution in [0.5, 0.6) is 0 Å². The molecule has 0 rings (SSSR count). The van der Waals surface area contributed by atoms with Crippen LogP contribution in [0.2, 0.25) is 0 Å². The highest BCUT2D eigenvalue weighted by atomic mass is 16.6. The number of hydrogen-bond acceptors (Lipinski definition) is 6. The monoisotopic (exact) mass is 1020 g/mol. The van der Waals surface area contributed by atoms with Crippen molar-refractivity contribution < 1.29 is 28.6 Å². The maximum atomic E-state index is 12.8. The molecule has 416 valence electrons. The second kappa shape index (κ2) is 60.8. The van der Waals surface area contributed by atoms with Crippen molar-refractivity contribution in [1.29, 1.82) is 0 Å². The van der Waals surface area contributed by atoms with Gasteiger partial charge in [-0.25, -0.2) is 0 Å². The lowest BCUT2D eigenvalue weighted by Gasteiger charge is -2.18. The van der Waals surface area contributed by atoms with Crippen LogP contribution >= 0.6 is 0 Å². The van der Waals surface area contributed by atoms with Crippen molar-refractivity contribution in [3.05, 3.63) is 146 Å². The highest BCUT2D eigenvalue weighted by molar-refractivity contribution is 5.72. The molecular weight excluding hydrogens is 913 g/mol. The van der Waals surface area contributed by atoms with Crippen LogP contribution in [0.4, 0.5) is 0 Å². The molecule has 0 aliphatic carbocycles. The Morgan fingerprint density at radius 2 is 0.568 bits per heavy atom. The van der Waals surface area contributed by atoms with Gasteiger partial charge in [-0.15, -0.1) is 0 Å². The SMILES string of the molecule is CC/C=C\C/C=C\C/C=C\C/C=C\C/C=C\C/C=C\CCCCCCCCCCCCCCC(=O)OCC(COC(=O)CCCCCCC/C=C\CCC)OC(=O)C/C=C\C/C=C\C/C=C\C/C=C\C/C=C\CC. The number of carbonyl (C=O) groups excluding carboxylic acids is 3. The Morgan fingerprint density at radius 3 is 0.905 bits per heavy atom. The van der Waals surface area contributed by atoms with E-state index in [9.17, 15) is 14.4 Å². The van der Waals surface area contributed by atoms with Crippen LogP contribution in [-0.4, -0.2) is 37.2 Å². The zero-order valence-corrected chi connectivity index (χ0v) is 47.5. The quantitative estimate of drug-likeness (QED) is 0.0261. The minimum absolute atomic E-state index is 0.0899. The number of allylic oxidation sites excluding steroid dienone is 23. The maximum absolute atomic E-state index is 12.8. The molecule has 1 atom stereocenters. The highest BCUT2D eigenvalue weighted by Crippen LogP contribution is 2.15. The molecule has 0 bridgehead atoms. The summed E-state index contributed by atoms with van der Waals surface area (Å²) in [6.45, 7) is 6.24. The molecular formula is C68H108O6. The smallest absolute Gasteiger partial charge is 0.310 e. The fourth-order valence-electron chi connectivity index (χ4n) is 7.70. The lowest BCUT2D eigenvalue weighted by atomic mass is 10.0.